The Morgan fingerprint density at radius 2 is 0.919 bits per heavy atom. The number of rotatable bonds is 5. The number of benzene rings is 6. The lowest BCUT2D eigenvalue weighted by molar-refractivity contribution is 0.406. The number of aromatic hydroxyl groups is 2. The molecule has 0 aromatic heterocycles. The fraction of sp³-hybridized carbons (Fsp3) is 0. The molecule has 6 aromatic rings. The van der Waals surface area contributed by atoms with Crippen LogP contribution in [0.1, 0.15) is 0 Å². The van der Waals surface area contributed by atoms with Crippen molar-refractivity contribution in [1.29, 1.82) is 0 Å². The molecule has 0 bridgehead atoms. The second-order valence-electron chi connectivity index (χ2n) is 9.04. The first-order valence-corrected chi connectivity index (χ1v) is 14.1. The van der Waals surface area contributed by atoms with Crippen LogP contribution in [0.4, 0.5) is 0 Å². The topological polar surface area (TPSA) is 40.5 Å². The van der Waals surface area contributed by atoms with Crippen molar-refractivity contribution < 1.29 is 10.2 Å². The van der Waals surface area contributed by atoms with Gasteiger partial charge in [-0.2, -0.15) is 0 Å². The highest BCUT2D eigenvalue weighted by molar-refractivity contribution is 8.01. The van der Waals surface area contributed by atoms with Crippen LogP contribution in [0.25, 0.3) is 21.9 Å². The average molecular weight is 498 g/mol. The van der Waals surface area contributed by atoms with Crippen molar-refractivity contribution in [3.05, 3.63) is 146 Å². The summed E-state index contributed by atoms with van der Waals surface area (Å²) in [5.41, 5.74) is 1.57. The smallest absolute Gasteiger partial charge is 0.166 e. The Labute approximate surface area is 217 Å². The molecule has 0 aliphatic rings. The Morgan fingerprint density at radius 1 is 0.459 bits per heavy atom. The van der Waals surface area contributed by atoms with Crippen LogP contribution in [0.15, 0.2) is 146 Å². The van der Waals surface area contributed by atoms with Crippen LogP contribution in [-0.4, -0.2) is 10.2 Å². The third kappa shape index (κ3) is 3.78. The van der Waals surface area contributed by atoms with Gasteiger partial charge in [0.05, 0.1) is 0 Å². The van der Waals surface area contributed by atoms with E-state index in [-0.39, 0.29) is 11.5 Å². The van der Waals surface area contributed by atoms with Gasteiger partial charge in [-0.3, -0.25) is 0 Å². The van der Waals surface area contributed by atoms with Gasteiger partial charge in [0.15, 0.2) is 11.5 Å². The summed E-state index contributed by atoms with van der Waals surface area (Å²) in [6.07, 6.45) is 0. The van der Waals surface area contributed by atoms with E-state index in [1.807, 2.05) is 30.3 Å². The van der Waals surface area contributed by atoms with E-state index in [4.69, 9.17) is 0 Å². The Kier molecular flexibility index (Phi) is 5.96. The molecule has 0 unspecified atom stereocenters. The van der Waals surface area contributed by atoms with Crippen LogP contribution in [-0.2, 0) is 0 Å². The van der Waals surface area contributed by atoms with Crippen LogP contribution in [0.2, 0.25) is 0 Å². The summed E-state index contributed by atoms with van der Waals surface area (Å²) in [5.74, 6) is -0.218. The Morgan fingerprint density at radius 3 is 1.49 bits per heavy atom. The summed E-state index contributed by atoms with van der Waals surface area (Å²) in [4.78, 5) is 0. The standard InChI is InChI=1S/C34H25O2P/c35-31-24-25-14-10-11-21-29(25)33(34(31)36)30-22-12-13-23-32(30)37(26-15-4-1-5-16-26,27-17-6-2-7-18-27)28-19-8-3-9-20-28/h1-24H,(H-,35,36)/p+1. The molecule has 6 rings (SSSR count). The number of hydrogen-bond donors (Lipinski definition) is 2. The molecule has 0 amide bonds. The summed E-state index contributed by atoms with van der Waals surface area (Å²) in [6, 6.07) is 49.9. The minimum atomic E-state index is -2.41. The molecule has 0 aliphatic carbocycles. The zero-order chi connectivity index (χ0) is 25.2. The lowest BCUT2D eigenvalue weighted by Gasteiger charge is -2.29. The molecular weight excluding hydrogens is 471 g/mol. The molecule has 6 aromatic carbocycles. The molecule has 3 heteroatoms. The predicted molar refractivity (Wildman–Crippen MR) is 157 cm³/mol. The first kappa shape index (κ1) is 23.0. The molecule has 0 radical (unpaired) electrons. The van der Waals surface area contributed by atoms with Gasteiger partial charge in [0.25, 0.3) is 0 Å². The minimum absolute atomic E-state index is 0.0987. The van der Waals surface area contributed by atoms with Crippen LogP contribution in [0.5, 0.6) is 11.5 Å². The first-order chi connectivity index (χ1) is 18.2. The quantitative estimate of drug-likeness (QED) is 0.210. The fourth-order valence-electron chi connectivity index (χ4n) is 5.39. The lowest BCUT2D eigenvalue weighted by atomic mass is 9.96. The van der Waals surface area contributed by atoms with Gasteiger partial charge in [0, 0.05) is 11.1 Å². The maximum absolute atomic E-state index is 11.3. The summed E-state index contributed by atoms with van der Waals surface area (Å²) in [7, 11) is -2.41. The third-order valence-corrected chi connectivity index (χ3v) is 11.3. The van der Waals surface area contributed by atoms with Crippen molar-refractivity contribution in [2.45, 2.75) is 0 Å². The fourth-order valence-corrected chi connectivity index (χ4v) is 9.84. The van der Waals surface area contributed by atoms with E-state index in [9.17, 15) is 10.2 Å². The van der Waals surface area contributed by atoms with Crippen LogP contribution in [0.3, 0.4) is 0 Å². The van der Waals surface area contributed by atoms with E-state index in [2.05, 4.69) is 109 Å². The van der Waals surface area contributed by atoms with Crippen molar-refractivity contribution in [2.24, 2.45) is 0 Å². The largest absolute Gasteiger partial charge is 0.504 e. The van der Waals surface area contributed by atoms with Crippen LogP contribution >= 0.6 is 7.26 Å². The highest BCUT2D eigenvalue weighted by atomic mass is 31.2. The third-order valence-electron chi connectivity index (χ3n) is 6.97. The van der Waals surface area contributed by atoms with Gasteiger partial charge in [0.2, 0.25) is 0 Å². The molecule has 2 N–H and O–H groups in total. The maximum atomic E-state index is 11.3. The molecule has 0 aliphatic heterocycles. The summed E-state index contributed by atoms with van der Waals surface area (Å²) in [6.45, 7) is 0. The van der Waals surface area contributed by atoms with E-state index in [0.717, 1.165) is 21.6 Å². The number of phenols is 2. The zero-order valence-corrected chi connectivity index (χ0v) is 21.1. The van der Waals surface area contributed by atoms with Gasteiger partial charge < -0.3 is 10.2 Å². The van der Waals surface area contributed by atoms with Gasteiger partial charge >= 0.3 is 0 Å². The molecule has 178 valence electrons. The molecule has 0 saturated heterocycles. The first-order valence-electron chi connectivity index (χ1n) is 12.3. The highest BCUT2D eigenvalue weighted by Crippen LogP contribution is 2.57. The molecule has 0 heterocycles. The van der Waals surface area contributed by atoms with Gasteiger partial charge in [-0.25, -0.2) is 0 Å². The van der Waals surface area contributed by atoms with Crippen molar-refractivity contribution in [3.63, 3.8) is 0 Å². The van der Waals surface area contributed by atoms with E-state index >= 15 is 0 Å². The second kappa shape index (κ2) is 9.58. The van der Waals surface area contributed by atoms with Crippen molar-refractivity contribution in [2.75, 3.05) is 0 Å². The number of phenolic OH excluding ortho intramolecular Hbond substituents is 2. The van der Waals surface area contributed by atoms with Gasteiger partial charge in [0.1, 0.15) is 28.5 Å². The highest BCUT2D eigenvalue weighted by Gasteiger charge is 2.49. The molecular formula is C34H26O2P+. The summed E-state index contributed by atoms with van der Waals surface area (Å²) in [5, 5.41) is 28.7. The van der Waals surface area contributed by atoms with Gasteiger partial charge in [-0.05, 0) is 59.3 Å². The Bertz CT molecular complexity index is 1580. The SMILES string of the molecule is Oc1cc2ccccc2c(-c2ccccc2[P+](c2ccccc2)(c2ccccc2)c2ccccc2)c1O. The second-order valence-corrected chi connectivity index (χ2v) is 12.4. The average Bonchev–Trinajstić information content (AvgIpc) is 2.96. The lowest BCUT2D eigenvalue weighted by Crippen LogP contribution is -2.39. The predicted octanol–water partition coefficient (Wildman–Crippen LogP) is 6.54. The molecule has 2 nitrogen and oxygen atoms in total. The van der Waals surface area contributed by atoms with Crippen molar-refractivity contribution in [3.8, 4) is 22.6 Å². The van der Waals surface area contributed by atoms with E-state index in [1.54, 1.807) is 6.07 Å². The van der Waals surface area contributed by atoms with E-state index in [0.29, 0.717) is 5.56 Å². The molecule has 37 heavy (non-hydrogen) atoms. The summed E-state index contributed by atoms with van der Waals surface area (Å²) < 4.78 is 0. The van der Waals surface area contributed by atoms with Gasteiger partial charge in [-0.15, -0.1) is 0 Å². The summed E-state index contributed by atoms with van der Waals surface area (Å²) >= 11 is 0. The Balaban J connectivity index is 1.81. The van der Waals surface area contributed by atoms with E-state index < -0.39 is 7.26 Å². The molecule has 0 saturated carbocycles. The van der Waals surface area contributed by atoms with E-state index in [1.165, 1.54) is 15.9 Å². The number of fused-ring (bicyclic) bond motifs is 1. The number of hydrogen-bond acceptors (Lipinski definition) is 2. The van der Waals surface area contributed by atoms with Crippen LogP contribution < -0.4 is 21.2 Å². The zero-order valence-electron chi connectivity index (χ0n) is 20.2. The van der Waals surface area contributed by atoms with Crippen molar-refractivity contribution in [1.82, 2.24) is 0 Å². The minimum Gasteiger partial charge on any atom is -0.504 e. The van der Waals surface area contributed by atoms with Crippen LogP contribution in [0, 0.1) is 0 Å². The van der Waals surface area contributed by atoms with Crippen molar-refractivity contribution >= 4 is 39.3 Å². The van der Waals surface area contributed by atoms with Gasteiger partial charge in [-0.1, -0.05) is 97.1 Å². The monoisotopic (exact) mass is 497 g/mol. The molecule has 0 fully saturated rings. The maximum Gasteiger partial charge on any atom is 0.166 e. The molecule has 0 atom stereocenters. The normalized spacial score (nSPS) is 11.5. The Hall–Kier alpha value is -4.39. The molecule has 0 spiro atoms.